The minimum Gasteiger partial charge on any atom is -0.332 e. The van der Waals surface area contributed by atoms with Gasteiger partial charge in [-0.2, -0.15) is 0 Å². The van der Waals surface area contributed by atoms with Gasteiger partial charge in [0.05, 0.1) is 10.6 Å². The molecule has 1 amide bonds. The monoisotopic (exact) mass is 395 g/mol. The van der Waals surface area contributed by atoms with Crippen LogP contribution in [0.25, 0.3) is 10.6 Å². The first-order chi connectivity index (χ1) is 10.2. The van der Waals surface area contributed by atoms with E-state index in [9.17, 15) is 4.79 Å². The van der Waals surface area contributed by atoms with Crippen molar-refractivity contribution in [2.45, 2.75) is 6.92 Å². The Morgan fingerprint density at radius 3 is 2.45 bits per heavy atom. The molecule has 2 N–H and O–H groups in total. The van der Waals surface area contributed by atoms with Crippen LogP contribution in [-0.4, -0.2) is 10.9 Å². The Hall–Kier alpha value is -1.70. The van der Waals surface area contributed by atoms with Crippen molar-refractivity contribution < 1.29 is 4.79 Å². The maximum atomic E-state index is 11.0. The lowest BCUT2D eigenvalue weighted by Gasteiger charge is -2.05. The largest absolute Gasteiger partial charge is 0.332 e. The van der Waals surface area contributed by atoms with Gasteiger partial charge in [-0.3, -0.25) is 4.79 Å². The predicted octanol–water partition coefficient (Wildman–Crippen LogP) is 5.15. The third-order valence-corrected chi connectivity index (χ3v) is 4.38. The fourth-order valence-corrected chi connectivity index (χ4v) is 3.32. The van der Waals surface area contributed by atoms with Crippen molar-refractivity contribution in [1.82, 2.24) is 4.98 Å². The first kappa shape index (κ1) is 16.7. The Morgan fingerprint density at radius 2 is 1.82 bits per heavy atom. The fourth-order valence-electron chi connectivity index (χ4n) is 1.83. The minimum atomic E-state index is -0.0729. The van der Waals surface area contributed by atoms with E-state index in [0.717, 1.165) is 22.2 Å². The van der Waals surface area contributed by atoms with Gasteiger partial charge in [0.25, 0.3) is 0 Å². The fraction of sp³-hybridized carbons (Fsp3) is 0.0667. The smallest absolute Gasteiger partial charge is 0.221 e. The molecule has 0 unspecified atom stereocenters. The van der Waals surface area contributed by atoms with E-state index in [1.165, 1.54) is 11.8 Å². The third-order valence-electron chi connectivity index (χ3n) is 2.73. The molecular formula is C15H14BrN3OS2. The van der Waals surface area contributed by atoms with Crippen molar-refractivity contribution in [1.29, 1.82) is 0 Å². The number of thiazole rings is 1. The highest BCUT2D eigenvalue weighted by Gasteiger charge is 2.05. The molecule has 0 radical (unpaired) electrons. The number of carbonyl (C=O) groups is 1. The molecule has 0 bridgehead atoms. The highest BCUT2D eigenvalue weighted by molar-refractivity contribution is 8.93. The summed E-state index contributed by atoms with van der Waals surface area (Å²) in [6.45, 7) is 1.49. The summed E-state index contributed by atoms with van der Waals surface area (Å²) in [5.74, 6) is -0.0729. The molecule has 2 heterocycles. The van der Waals surface area contributed by atoms with Crippen LogP contribution < -0.4 is 10.6 Å². The van der Waals surface area contributed by atoms with Crippen LogP contribution >= 0.6 is 39.7 Å². The number of rotatable bonds is 4. The van der Waals surface area contributed by atoms with Gasteiger partial charge in [0, 0.05) is 23.7 Å². The van der Waals surface area contributed by atoms with Crippen molar-refractivity contribution in [3.63, 3.8) is 0 Å². The topological polar surface area (TPSA) is 54.0 Å². The molecule has 0 aliphatic rings. The van der Waals surface area contributed by atoms with Gasteiger partial charge in [-0.1, -0.05) is 6.07 Å². The molecular weight excluding hydrogens is 382 g/mol. The number of hydrogen-bond donors (Lipinski definition) is 2. The Labute approximate surface area is 147 Å². The Balaban J connectivity index is 0.00000176. The van der Waals surface area contributed by atoms with Crippen LogP contribution in [0.15, 0.2) is 47.2 Å². The minimum absolute atomic E-state index is 0. The number of nitrogens with one attached hydrogen (secondary N) is 2. The summed E-state index contributed by atoms with van der Waals surface area (Å²) in [5, 5.41) is 10.9. The number of halogens is 1. The Morgan fingerprint density at radius 1 is 1.09 bits per heavy atom. The van der Waals surface area contributed by atoms with E-state index in [2.05, 4.69) is 21.7 Å². The molecule has 0 aliphatic carbocycles. The molecule has 7 heteroatoms. The average molecular weight is 396 g/mol. The molecule has 2 aromatic heterocycles. The number of anilines is 3. The molecule has 114 valence electrons. The number of carbonyl (C=O) groups excluding carboxylic acids is 1. The second kappa shape index (κ2) is 7.53. The van der Waals surface area contributed by atoms with E-state index in [1.807, 2.05) is 41.1 Å². The van der Waals surface area contributed by atoms with Gasteiger partial charge >= 0.3 is 0 Å². The summed E-state index contributed by atoms with van der Waals surface area (Å²) in [5.41, 5.74) is 2.72. The lowest BCUT2D eigenvalue weighted by Crippen LogP contribution is -2.05. The van der Waals surface area contributed by atoms with Crippen LogP contribution in [0, 0.1) is 0 Å². The highest BCUT2D eigenvalue weighted by Crippen LogP contribution is 2.29. The molecule has 0 atom stereocenters. The molecule has 0 saturated heterocycles. The van der Waals surface area contributed by atoms with E-state index >= 15 is 0 Å². The number of aromatic nitrogens is 1. The van der Waals surface area contributed by atoms with Gasteiger partial charge in [0.15, 0.2) is 5.13 Å². The van der Waals surface area contributed by atoms with E-state index in [-0.39, 0.29) is 22.9 Å². The van der Waals surface area contributed by atoms with Crippen LogP contribution in [0.5, 0.6) is 0 Å². The highest BCUT2D eigenvalue weighted by atomic mass is 79.9. The zero-order valence-electron chi connectivity index (χ0n) is 11.7. The quantitative estimate of drug-likeness (QED) is 0.641. The number of nitrogens with zero attached hydrogens (tertiary/aromatic N) is 1. The molecule has 3 aromatic rings. The van der Waals surface area contributed by atoms with Crippen molar-refractivity contribution in [2.75, 3.05) is 10.6 Å². The second-order valence-corrected chi connectivity index (χ2v) is 6.20. The molecule has 1 aromatic carbocycles. The van der Waals surface area contributed by atoms with Gasteiger partial charge in [-0.15, -0.1) is 39.7 Å². The zero-order chi connectivity index (χ0) is 14.7. The summed E-state index contributed by atoms with van der Waals surface area (Å²) >= 11 is 3.25. The predicted molar refractivity (Wildman–Crippen MR) is 99.8 cm³/mol. The van der Waals surface area contributed by atoms with E-state index in [1.54, 1.807) is 22.7 Å². The van der Waals surface area contributed by atoms with Crippen LogP contribution in [0.3, 0.4) is 0 Å². The molecule has 0 aliphatic heterocycles. The summed E-state index contributed by atoms with van der Waals surface area (Å²) in [7, 11) is 0. The summed E-state index contributed by atoms with van der Waals surface area (Å²) in [6.07, 6.45) is 0. The van der Waals surface area contributed by atoms with Gasteiger partial charge in [-0.05, 0) is 35.7 Å². The van der Waals surface area contributed by atoms with Gasteiger partial charge in [0.1, 0.15) is 0 Å². The molecule has 3 rings (SSSR count). The Bertz CT molecular complexity index is 739. The maximum Gasteiger partial charge on any atom is 0.221 e. The number of benzene rings is 1. The summed E-state index contributed by atoms with van der Waals surface area (Å²) < 4.78 is 0. The summed E-state index contributed by atoms with van der Waals surface area (Å²) in [6, 6.07) is 11.6. The summed E-state index contributed by atoms with van der Waals surface area (Å²) in [4.78, 5) is 16.7. The molecule has 22 heavy (non-hydrogen) atoms. The Kier molecular flexibility index (Phi) is 5.70. The van der Waals surface area contributed by atoms with Gasteiger partial charge < -0.3 is 10.6 Å². The van der Waals surface area contributed by atoms with Crippen LogP contribution in [0.4, 0.5) is 16.5 Å². The van der Waals surface area contributed by atoms with Crippen LogP contribution in [-0.2, 0) is 4.79 Å². The first-order valence-electron chi connectivity index (χ1n) is 6.35. The average Bonchev–Trinajstić information content (AvgIpc) is 3.11. The normalized spacial score (nSPS) is 9.86. The number of amides is 1. The molecule has 4 nitrogen and oxygen atoms in total. The van der Waals surface area contributed by atoms with Crippen molar-refractivity contribution in [3.05, 3.63) is 47.2 Å². The van der Waals surface area contributed by atoms with Crippen LogP contribution in [0.2, 0.25) is 0 Å². The third kappa shape index (κ3) is 4.16. The molecule has 0 fully saturated rings. The van der Waals surface area contributed by atoms with Crippen molar-refractivity contribution in [3.8, 4) is 10.6 Å². The van der Waals surface area contributed by atoms with Crippen LogP contribution in [0.1, 0.15) is 6.92 Å². The number of thiophene rings is 1. The maximum absolute atomic E-state index is 11.0. The lowest BCUT2D eigenvalue weighted by atomic mass is 10.3. The van der Waals surface area contributed by atoms with E-state index in [0.29, 0.717) is 0 Å². The zero-order valence-corrected chi connectivity index (χ0v) is 15.0. The van der Waals surface area contributed by atoms with E-state index in [4.69, 9.17) is 0 Å². The van der Waals surface area contributed by atoms with Crippen molar-refractivity contribution in [2.24, 2.45) is 0 Å². The van der Waals surface area contributed by atoms with Crippen molar-refractivity contribution >= 4 is 62.1 Å². The second-order valence-electron chi connectivity index (χ2n) is 4.40. The molecule has 0 spiro atoms. The first-order valence-corrected chi connectivity index (χ1v) is 8.11. The van der Waals surface area contributed by atoms with Gasteiger partial charge in [-0.25, -0.2) is 4.98 Å². The molecule has 0 saturated carbocycles. The van der Waals surface area contributed by atoms with E-state index < -0.39 is 0 Å². The number of hydrogen-bond acceptors (Lipinski definition) is 5. The SMILES string of the molecule is Br.CC(=O)Nc1ccc(Nc2nc(-c3cccs3)cs2)cc1. The lowest BCUT2D eigenvalue weighted by molar-refractivity contribution is -0.114. The standard InChI is InChI=1S/C15H13N3OS2.BrH/c1-10(19)16-11-4-6-12(7-5-11)17-15-18-13(9-21-15)14-3-2-8-20-14;/h2-9H,1H3,(H,16,19)(H,17,18);1H. The van der Waals surface area contributed by atoms with Gasteiger partial charge in [0.2, 0.25) is 5.91 Å².